The van der Waals surface area contributed by atoms with E-state index < -0.39 is 0 Å². The first-order valence-electron chi connectivity index (χ1n) is 6.24. The highest BCUT2D eigenvalue weighted by atomic mass is 35.5. The molecular formula is C16H19ClN2. The summed E-state index contributed by atoms with van der Waals surface area (Å²) >= 11 is 5.94. The molecule has 0 amide bonds. The molecule has 3 heteroatoms. The highest BCUT2D eigenvalue weighted by Gasteiger charge is 2.25. The van der Waals surface area contributed by atoms with Crippen molar-refractivity contribution in [2.75, 3.05) is 11.5 Å². The van der Waals surface area contributed by atoms with Crippen molar-refractivity contribution in [2.24, 2.45) is 0 Å². The molecule has 2 nitrogen and oxygen atoms in total. The Balaban J connectivity index is 2.55. The van der Waals surface area contributed by atoms with Gasteiger partial charge in [0.25, 0.3) is 0 Å². The van der Waals surface area contributed by atoms with Crippen molar-refractivity contribution >= 4 is 23.0 Å². The van der Waals surface area contributed by atoms with E-state index in [0.29, 0.717) is 0 Å². The van der Waals surface area contributed by atoms with Crippen molar-refractivity contribution in [1.29, 1.82) is 0 Å². The maximum atomic E-state index is 6.14. The van der Waals surface area contributed by atoms with Crippen LogP contribution in [0.25, 0.3) is 0 Å². The molecule has 0 heterocycles. The molecule has 4 N–H and O–H groups in total. The summed E-state index contributed by atoms with van der Waals surface area (Å²) in [6.45, 7) is 6.30. The molecule has 0 unspecified atom stereocenters. The van der Waals surface area contributed by atoms with Gasteiger partial charge in [0.1, 0.15) is 0 Å². The van der Waals surface area contributed by atoms with Crippen LogP contribution in [0.4, 0.5) is 11.4 Å². The van der Waals surface area contributed by atoms with E-state index in [9.17, 15) is 0 Å². The molecule has 0 fully saturated rings. The molecule has 0 bridgehead atoms. The number of aryl methyl sites for hydroxylation is 1. The summed E-state index contributed by atoms with van der Waals surface area (Å²) in [6, 6.07) is 11.8. The van der Waals surface area contributed by atoms with Crippen LogP contribution in [-0.4, -0.2) is 0 Å². The van der Waals surface area contributed by atoms with E-state index in [0.717, 1.165) is 27.5 Å². The molecule has 0 radical (unpaired) electrons. The van der Waals surface area contributed by atoms with Crippen molar-refractivity contribution in [3.63, 3.8) is 0 Å². The summed E-state index contributed by atoms with van der Waals surface area (Å²) in [5, 5.41) is 0.737. The molecule has 0 spiro atoms. The average Bonchev–Trinajstić information content (AvgIpc) is 2.34. The zero-order chi connectivity index (χ0) is 14.2. The summed E-state index contributed by atoms with van der Waals surface area (Å²) < 4.78 is 0. The first-order chi connectivity index (χ1) is 8.82. The van der Waals surface area contributed by atoms with Crippen molar-refractivity contribution in [2.45, 2.75) is 26.2 Å². The number of hydrogen-bond donors (Lipinski definition) is 2. The zero-order valence-corrected chi connectivity index (χ0v) is 12.3. The molecular weight excluding hydrogens is 256 g/mol. The Labute approximate surface area is 119 Å². The lowest BCUT2D eigenvalue weighted by molar-refractivity contribution is 0.643. The molecule has 2 rings (SSSR count). The molecule has 2 aromatic carbocycles. The third kappa shape index (κ3) is 2.54. The fourth-order valence-corrected chi connectivity index (χ4v) is 2.43. The quantitative estimate of drug-likeness (QED) is 0.809. The Morgan fingerprint density at radius 3 is 2.11 bits per heavy atom. The third-order valence-electron chi connectivity index (χ3n) is 3.68. The molecule has 0 aliphatic rings. The van der Waals surface area contributed by atoms with Gasteiger partial charge in [0.05, 0.1) is 0 Å². The van der Waals surface area contributed by atoms with Crippen LogP contribution in [0.1, 0.15) is 30.5 Å². The maximum absolute atomic E-state index is 6.14. The van der Waals surface area contributed by atoms with Gasteiger partial charge < -0.3 is 11.5 Å². The molecule has 2 aromatic rings. The van der Waals surface area contributed by atoms with Gasteiger partial charge in [-0.3, -0.25) is 0 Å². The summed E-state index contributed by atoms with van der Waals surface area (Å²) in [5.41, 5.74) is 16.6. The highest BCUT2D eigenvalue weighted by molar-refractivity contribution is 6.30. The number of nitrogens with two attached hydrogens (primary N) is 2. The molecule has 0 aliphatic carbocycles. The molecule has 0 aliphatic heterocycles. The van der Waals surface area contributed by atoms with Gasteiger partial charge >= 0.3 is 0 Å². The SMILES string of the molecule is Cc1cc(C(C)(C)c2ccc(Cl)cc2)c(N)cc1N. The Hall–Kier alpha value is -1.67. The Morgan fingerprint density at radius 1 is 0.947 bits per heavy atom. The van der Waals surface area contributed by atoms with E-state index in [-0.39, 0.29) is 5.41 Å². The molecule has 0 saturated carbocycles. The fourth-order valence-electron chi connectivity index (χ4n) is 2.31. The second kappa shape index (κ2) is 4.78. The minimum atomic E-state index is -0.187. The van der Waals surface area contributed by atoms with E-state index >= 15 is 0 Å². The van der Waals surface area contributed by atoms with Crippen LogP contribution in [-0.2, 0) is 5.41 Å². The Kier molecular flexibility index (Phi) is 3.46. The van der Waals surface area contributed by atoms with Gasteiger partial charge in [0, 0.05) is 21.8 Å². The zero-order valence-electron chi connectivity index (χ0n) is 11.5. The van der Waals surface area contributed by atoms with E-state index in [4.69, 9.17) is 23.1 Å². The van der Waals surface area contributed by atoms with Crippen LogP contribution < -0.4 is 11.5 Å². The number of rotatable bonds is 2. The van der Waals surface area contributed by atoms with E-state index in [2.05, 4.69) is 19.9 Å². The van der Waals surface area contributed by atoms with E-state index in [1.165, 1.54) is 5.56 Å². The number of benzene rings is 2. The molecule has 100 valence electrons. The molecule has 0 saturated heterocycles. The second-order valence-corrected chi connectivity index (χ2v) is 5.86. The summed E-state index contributed by atoms with van der Waals surface area (Å²) in [7, 11) is 0. The van der Waals surface area contributed by atoms with Crippen molar-refractivity contribution in [1.82, 2.24) is 0 Å². The minimum absolute atomic E-state index is 0.187. The summed E-state index contributed by atoms with van der Waals surface area (Å²) in [4.78, 5) is 0. The van der Waals surface area contributed by atoms with Crippen molar-refractivity contribution in [3.8, 4) is 0 Å². The number of hydrogen-bond acceptors (Lipinski definition) is 2. The largest absolute Gasteiger partial charge is 0.398 e. The Bertz CT molecular complexity index is 601. The average molecular weight is 275 g/mol. The first kappa shape index (κ1) is 13.8. The van der Waals surface area contributed by atoms with Crippen LogP contribution >= 0.6 is 11.6 Å². The van der Waals surface area contributed by atoms with E-state index in [1.54, 1.807) is 0 Å². The predicted molar refractivity (Wildman–Crippen MR) is 83.6 cm³/mol. The van der Waals surface area contributed by atoms with Crippen LogP contribution in [0, 0.1) is 6.92 Å². The molecule has 0 aromatic heterocycles. The highest BCUT2D eigenvalue weighted by Crippen LogP contribution is 2.37. The van der Waals surface area contributed by atoms with Crippen LogP contribution in [0.15, 0.2) is 36.4 Å². The van der Waals surface area contributed by atoms with Gasteiger partial charge in [-0.25, -0.2) is 0 Å². The van der Waals surface area contributed by atoms with Crippen LogP contribution in [0.2, 0.25) is 5.02 Å². The summed E-state index contributed by atoms with van der Waals surface area (Å²) in [5.74, 6) is 0. The van der Waals surface area contributed by atoms with Gasteiger partial charge in [-0.05, 0) is 41.8 Å². The smallest absolute Gasteiger partial charge is 0.0406 e. The summed E-state index contributed by atoms with van der Waals surface area (Å²) in [6.07, 6.45) is 0. The fraction of sp³-hybridized carbons (Fsp3) is 0.250. The van der Waals surface area contributed by atoms with E-state index in [1.807, 2.05) is 37.3 Å². The van der Waals surface area contributed by atoms with Crippen molar-refractivity contribution in [3.05, 3.63) is 58.1 Å². The normalized spacial score (nSPS) is 11.6. The minimum Gasteiger partial charge on any atom is -0.398 e. The van der Waals surface area contributed by atoms with Crippen LogP contribution in [0.3, 0.4) is 0 Å². The monoisotopic (exact) mass is 274 g/mol. The van der Waals surface area contributed by atoms with Gasteiger partial charge in [-0.2, -0.15) is 0 Å². The topological polar surface area (TPSA) is 52.0 Å². The third-order valence-corrected chi connectivity index (χ3v) is 3.93. The molecule has 0 atom stereocenters. The number of nitrogen functional groups attached to an aromatic ring is 2. The van der Waals surface area contributed by atoms with Crippen molar-refractivity contribution < 1.29 is 0 Å². The van der Waals surface area contributed by atoms with Gasteiger partial charge in [0.2, 0.25) is 0 Å². The lowest BCUT2D eigenvalue weighted by atomic mass is 9.77. The van der Waals surface area contributed by atoms with Crippen LogP contribution in [0.5, 0.6) is 0 Å². The van der Waals surface area contributed by atoms with Gasteiger partial charge in [-0.15, -0.1) is 0 Å². The second-order valence-electron chi connectivity index (χ2n) is 5.43. The molecule has 19 heavy (non-hydrogen) atoms. The maximum Gasteiger partial charge on any atom is 0.0406 e. The van der Waals surface area contributed by atoms with Gasteiger partial charge in [0.15, 0.2) is 0 Å². The standard InChI is InChI=1S/C16H19ClN2/c1-10-8-13(15(19)9-14(10)18)16(2,3)11-4-6-12(17)7-5-11/h4-9H,18-19H2,1-3H3. The lowest BCUT2D eigenvalue weighted by Crippen LogP contribution is -2.21. The Morgan fingerprint density at radius 2 is 1.53 bits per heavy atom. The first-order valence-corrected chi connectivity index (χ1v) is 6.62. The number of anilines is 2. The number of halogens is 1. The lowest BCUT2D eigenvalue weighted by Gasteiger charge is -2.28. The predicted octanol–water partition coefficient (Wildman–Crippen LogP) is 4.14. The van der Waals surface area contributed by atoms with Gasteiger partial charge in [-0.1, -0.05) is 43.6 Å².